The number of hydrogen-bond acceptors (Lipinski definition) is 4. The third-order valence-electron chi connectivity index (χ3n) is 3.46. The molecule has 0 aliphatic carbocycles. The maximum Gasteiger partial charge on any atom is 0.253 e. The van der Waals surface area contributed by atoms with Gasteiger partial charge in [-0.2, -0.15) is 0 Å². The Morgan fingerprint density at radius 2 is 1.78 bits per heavy atom. The number of thioether (sulfide) groups is 1. The molecular formula is C21H22N2O3S. The number of methoxy groups -OCH3 is 1. The zero-order chi connectivity index (χ0) is 19.3. The number of ether oxygens (including phenoxy) is 1. The maximum absolute atomic E-state index is 12.4. The lowest BCUT2D eigenvalue weighted by Gasteiger charge is -2.09. The standard InChI is InChI=1S/C21H22N2O3S/c1-26-15-14-22-20(24)16-27-19-12-6-5-11-18(19)21(25)23-13-7-10-17-8-3-2-4-9-17/h2-6,8-9,11-12H,13-16H2,1H3,(H,22,24)(H,23,25). The van der Waals surface area contributed by atoms with Crippen LogP contribution in [0.4, 0.5) is 0 Å². The zero-order valence-corrected chi connectivity index (χ0v) is 16.0. The topological polar surface area (TPSA) is 67.4 Å². The quantitative estimate of drug-likeness (QED) is 0.418. The first-order valence-corrected chi connectivity index (χ1v) is 9.49. The van der Waals surface area contributed by atoms with E-state index in [4.69, 9.17) is 4.74 Å². The molecule has 0 fully saturated rings. The molecule has 0 bridgehead atoms. The molecule has 5 nitrogen and oxygen atoms in total. The van der Waals surface area contributed by atoms with Crippen LogP contribution in [0.5, 0.6) is 0 Å². The third kappa shape index (κ3) is 7.57. The monoisotopic (exact) mass is 382 g/mol. The van der Waals surface area contributed by atoms with E-state index < -0.39 is 0 Å². The Bertz CT molecular complexity index is 813. The van der Waals surface area contributed by atoms with Gasteiger partial charge in [0.1, 0.15) is 0 Å². The van der Waals surface area contributed by atoms with Gasteiger partial charge in [0.2, 0.25) is 5.91 Å². The van der Waals surface area contributed by atoms with E-state index in [0.29, 0.717) is 18.7 Å². The molecule has 2 N–H and O–H groups in total. The van der Waals surface area contributed by atoms with Crippen molar-refractivity contribution < 1.29 is 14.3 Å². The molecule has 2 amide bonds. The summed E-state index contributed by atoms with van der Waals surface area (Å²) in [7, 11) is 1.58. The Morgan fingerprint density at radius 1 is 1.04 bits per heavy atom. The summed E-state index contributed by atoms with van der Waals surface area (Å²) >= 11 is 1.33. The van der Waals surface area contributed by atoms with E-state index in [0.717, 1.165) is 10.5 Å². The molecule has 2 aromatic rings. The van der Waals surface area contributed by atoms with E-state index in [9.17, 15) is 9.59 Å². The van der Waals surface area contributed by atoms with Crippen LogP contribution in [0.25, 0.3) is 0 Å². The van der Waals surface area contributed by atoms with Crippen LogP contribution < -0.4 is 10.6 Å². The Balaban J connectivity index is 1.87. The van der Waals surface area contributed by atoms with Gasteiger partial charge >= 0.3 is 0 Å². The summed E-state index contributed by atoms with van der Waals surface area (Å²) in [5.74, 6) is 5.87. The van der Waals surface area contributed by atoms with Crippen molar-refractivity contribution in [3.05, 3.63) is 65.7 Å². The van der Waals surface area contributed by atoms with Crippen molar-refractivity contribution in [2.24, 2.45) is 0 Å². The molecular weight excluding hydrogens is 360 g/mol. The maximum atomic E-state index is 12.4. The highest BCUT2D eigenvalue weighted by Gasteiger charge is 2.12. The molecule has 0 unspecified atom stereocenters. The van der Waals surface area contributed by atoms with E-state index in [1.54, 1.807) is 19.2 Å². The van der Waals surface area contributed by atoms with Crippen LogP contribution in [-0.4, -0.2) is 44.4 Å². The Labute approximate surface area is 163 Å². The van der Waals surface area contributed by atoms with Crippen LogP contribution >= 0.6 is 11.8 Å². The predicted octanol–water partition coefficient (Wildman–Crippen LogP) is 2.32. The zero-order valence-electron chi connectivity index (χ0n) is 15.2. The normalized spacial score (nSPS) is 9.81. The second-order valence-corrected chi connectivity index (χ2v) is 6.50. The van der Waals surface area contributed by atoms with Crippen molar-refractivity contribution in [2.75, 3.05) is 32.6 Å². The SMILES string of the molecule is COCCNC(=O)CSc1ccccc1C(=O)NCC#Cc1ccccc1. The van der Waals surface area contributed by atoms with Gasteiger partial charge in [-0.3, -0.25) is 9.59 Å². The van der Waals surface area contributed by atoms with Crippen molar-refractivity contribution in [1.29, 1.82) is 0 Å². The molecule has 2 rings (SSSR count). The van der Waals surface area contributed by atoms with Gasteiger partial charge in [0.25, 0.3) is 5.91 Å². The number of amides is 2. The molecule has 6 heteroatoms. The largest absolute Gasteiger partial charge is 0.383 e. The van der Waals surface area contributed by atoms with Crippen LogP contribution in [0.15, 0.2) is 59.5 Å². The molecule has 27 heavy (non-hydrogen) atoms. The molecule has 0 saturated heterocycles. The Kier molecular flexibility index (Phi) is 8.98. The van der Waals surface area contributed by atoms with E-state index in [1.165, 1.54) is 11.8 Å². The summed E-state index contributed by atoms with van der Waals surface area (Å²) in [5.41, 5.74) is 1.44. The molecule has 0 aliphatic rings. The van der Waals surface area contributed by atoms with Gasteiger partial charge in [0, 0.05) is 24.1 Å². The van der Waals surface area contributed by atoms with E-state index in [2.05, 4.69) is 22.5 Å². The number of nitrogens with one attached hydrogen (secondary N) is 2. The van der Waals surface area contributed by atoms with Crippen LogP contribution in [0.3, 0.4) is 0 Å². The van der Waals surface area contributed by atoms with Gasteiger partial charge in [-0.1, -0.05) is 42.2 Å². The highest BCUT2D eigenvalue weighted by Crippen LogP contribution is 2.22. The minimum absolute atomic E-state index is 0.0963. The summed E-state index contributed by atoms with van der Waals surface area (Å²) < 4.78 is 4.90. The average Bonchev–Trinajstić information content (AvgIpc) is 2.71. The van der Waals surface area contributed by atoms with Crippen molar-refractivity contribution in [3.63, 3.8) is 0 Å². The van der Waals surface area contributed by atoms with Gasteiger partial charge in [-0.25, -0.2) is 0 Å². The lowest BCUT2D eigenvalue weighted by atomic mass is 10.2. The molecule has 0 aliphatic heterocycles. The lowest BCUT2D eigenvalue weighted by molar-refractivity contribution is -0.118. The predicted molar refractivity (Wildman–Crippen MR) is 108 cm³/mol. The van der Waals surface area contributed by atoms with Crippen molar-refractivity contribution in [1.82, 2.24) is 10.6 Å². The molecule has 2 aromatic carbocycles. The first-order chi connectivity index (χ1) is 13.2. The number of carbonyl (C=O) groups excluding carboxylic acids is 2. The van der Waals surface area contributed by atoms with E-state index >= 15 is 0 Å². The van der Waals surface area contributed by atoms with Crippen LogP contribution in [0.1, 0.15) is 15.9 Å². The summed E-state index contributed by atoms with van der Waals surface area (Å²) in [6.07, 6.45) is 0. The molecule has 0 heterocycles. The average molecular weight is 382 g/mol. The van der Waals surface area contributed by atoms with Gasteiger partial charge in [0.05, 0.1) is 24.5 Å². The fourth-order valence-corrected chi connectivity index (χ4v) is 3.03. The third-order valence-corrected chi connectivity index (χ3v) is 4.54. The summed E-state index contributed by atoms with van der Waals surface area (Å²) in [6.45, 7) is 1.20. The van der Waals surface area contributed by atoms with Crippen molar-refractivity contribution in [3.8, 4) is 11.8 Å². The Hall–Kier alpha value is -2.75. The molecule has 0 saturated carbocycles. The molecule has 0 radical (unpaired) electrons. The van der Waals surface area contributed by atoms with Crippen LogP contribution in [-0.2, 0) is 9.53 Å². The van der Waals surface area contributed by atoms with Crippen molar-refractivity contribution in [2.45, 2.75) is 4.90 Å². The smallest absolute Gasteiger partial charge is 0.253 e. The lowest BCUT2D eigenvalue weighted by Crippen LogP contribution is -2.28. The molecule has 0 spiro atoms. The number of hydrogen-bond donors (Lipinski definition) is 2. The van der Waals surface area contributed by atoms with Crippen LogP contribution in [0, 0.1) is 11.8 Å². The van der Waals surface area contributed by atoms with Gasteiger partial charge in [-0.15, -0.1) is 11.8 Å². The molecule has 0 atom stereocenters. The summed E-state index contributed by atoms with van der Waals surface area (Å²) in [5, 5.41) is 5.55. The van der Waals surface area contributed by atoms with Gasteiger partial charge in [-0.05, 0) is 24.3 Å². The second kappa shape index (κ2) is 11.8. The molecule has 0 aromatic heterocycles. The van der Waals surface area contributed by atoms with Gasteiger partial charge in [0.15, 0.2) is 0 Å². The minimum atomic E-state index is -0.208. The highest BCUT2D eigenvalue weighted by molar-refractivity contribution is 8.00. The first-order valence-electron chi connectivity index (χ1n) is 8.50. The van der Waals surface area contributed by atoms with E-state index in [-0.39, 0.29) is 24.1 Å². The first kappa shape index (κ1) is 20.6. The fraction of sp³-hybridized carbons (Fsp3) is 0.238. The second-order valence-electron chi connectivity index (χ2n) is 5.48. The summed E-state index contributed by atoms with van der Waals surface area (Å²) in [4.78, 5) is 25.0. The number of benzene rings is 2. The number of carbonyl (C=O) groups is 2. The van der Waals surface area contributed by atoms with Crippen molar-refractivity contribution >= 4 is 23.6 Å². The summed E-state index contributed by atoms with van der Waals surface area (Å²) in [6, 6.07) is 16.8. The Morgan fingerprint density at radius 3 is 2.56 bits per heavy atom. The molecule has 140 valence electrons. The fourth-order valence-electron chi connectivity index (χ4n) is 2.15. The van der Waals surface area contributed by atoms with E-state index in [1.807, 2.05) is 42.5 Å². The number of rotatable bonds is 8. The minimum Gasteiger partial charge on any atom is -0.383 e. The highest BCUT2D eigenvalue weighted by atomic mass is 32.2. The van der Waals surface area contributed by atoms with Crippen LogP contribution in [0.2, 0.25) is 0 Å². The van der Waals surface area contributed by atoms with Gasteiger partial charge < -0.3 is 15.4 Å².